The van der Waals surface area contributed by atoms with E-state index in [-0.39, 0.29) is 5.97 Å². The van der Waals surface area contributed by atoms with Gasteiger partial charge in [-0.1, -0.05) is 39.3 Å². The summed E-state index contributed by atoms with van der Waals surface area (Å²) in [5, 5.41) is 5.01. The third-order valence-electron chi connectivity index (χ3n) is 3.97. The minimum atomic E-state index is -0.355. The molecule has 0 aliphatic heterocycles. The van der Waals surface area contributed by atoms with Crippen molar-refractivity contribution in [1.82, 2.24) is 15.1 Å². The van der Waals surface area contributed by atoms with E-state index in [1.165, 1.54) is 0 Å². The van der Waals surface area contributed by atoms with Gasteiger partial charge < -0.3 is 9.26 Å². The molecule has 0 unspecified atom stereocenters. The van der Waals surface area contributed by atoms with E-state index >= 15 is 0 Å². The van der Waals surface area contributed by atoms with Crippen molar-refractivity contribution in [1.29, 1.82) is 0 Å². The molecule has 2 aromatic heterocycles. The molecule has 0 aliphatic carbocycles. The van der Waals surface area contributed by atoms with Gasteiger partial charge in [-0.15, -0.1) is 0 Å². The van der Waals surface area contributed by atoms with Crippen LogP contribution in [0.4, 0.5) is 0 Å². The number of carbonyl (C=O) groups excluding carboxylic acids is 1. The molecule has 0 aliphatic rings. The van der Waals surface area contributed by atoms with E-state index in [9.17, 15) is 4.79 Å². The predicted octanol–water partition coefficient (Wildman–Crippen LogP) is 4.89. The lowest BCUT2D eigenvalue weighted by Gasteiger charge is -2.01. The number of rotatable bonds is 4. The van der Waals surface area contributed by atoms with Crippen LogP contribution in [-0.4, -0.2) is 27.7 Å². The number of halogens is 1. The lowest BCUT2D eigenvalue weighted by atomic mass is 10.1. The number of hydrogen-bond acceptors (Lipinski definition) is 6. The van der Waals surface area contributed by atoms with Crippen LogP contribution in [0.1, 0.15) is 17.3 Å². The normalized spacial score (nSPS) is 10.9. The summed E-state index contributed by atoms with van der Waals surface area (Å²) >= 11 is 3.44. The molecule has 0 bridgehead atoms. The summed E-state index contributed by atoms with van der Waals surface area (Å²) in [7, 11) is 0. The number of pyridine rings is 1. The lowest BCUT2D eigenvalue weighted by Crippen LogP contribution is -2.04. The van der Waals surface area contributed by atoms with E-state index in [1.54, 1.807) is 37.4 Å². The van der Waals surface area contributed by atoms with Crippen molar-refractivity contribution >= 4 is 32.8 Å². The van der Waals surface area contributed by atoms with Crippen LogP contribution < -0.4 is 0 Å². The van der Waals surface area contributed by atoms with Crippen LogP contribution in [-0.2, 0) is 4.74 Å². The Hall–Kier alpha value is -3.06. The summed E-state index contributed by atoms with van der Waals surface area (Å²) in [6.07, 6.45) is 1.70. The van der Waals surface area contributed by atoms with E-state index in [0.29, 0.717) is 23.9 Å². The zero-order valence-corrected chi connectivity index (χ0v) is 15.9. The first-order valence-electron chi connectivity index (χ1n) is 8.31. The molecule has 4 aromatic rings. The Morgan fingerprint density at radius 2 is 1.93 bits per heavy atom. The third kappa shape index (κ3) is 3.59. The van der Waals surface area contributed by atoms with Crippen molar-refractivity contribution in [2.75, 3.05) is 6.61 Å². The topological polar surface area (TPSA) is 78.1 Å². The van der Waals surface area contributed by atoms with Gasteiger partial charge in [0.25, 0.3) is 5.89 Å². The SMILES string of the molecule is CCOC(=O)c1ccc(-c2noc(-c3cnc4cc(Br)ccc4c3)n2)cc1. The Morgan fingerprint density at radius 3 is 2.70 bits per heavy atom. The Labute approximate surface area is 163 Å². The molecule has 0 spiro atoms. The number of esters is 1. The van der Waals surface area contributed by atoms with Crippen LogP contribution in [0.5, 0.6) is 0 Å². The van der Waals surface area contributed by atoms with Gasteiger partial charge in [-0.2, -0.15) is 4.98 Å². The number of carbonyl (C=O) groups is 1. The van der Waals surface area contributed by atoms with E-state index in [4.69, 9.17) is 9.26 Å². The molecule has 0 N–H and O–H groups in total. The lowest BCUT2D eigenvalue weighted by molar-refractivity contribution is 0.0526. The molecular weight excluding hydrogens is 410 g/mol. The number of fused-ring (bicyclic) bond motifs is 1. The van der Waals surface area contributed by atoms with Crippen LogP contribution in [0, 0.1) is 0 Å². The molecule has 4 rings (SSSR count). The Kier molecular flexibility index (Phi) is 4.68. The van der Waals surface area contributed by atoms with Gasteiger partial charge in [0.2, 0.25) is 5.82 Å². The highest BCUT2D eigenvalue weighted by Crippen LogP contribution is 2.26. The smallest absolute Gasteiger partial charge is 0.338 e. The second kappa shape index (κ2) is 7.28. The molecule has 0 fully saturated rings. The molecule has 6 nitrogen and oxygen atoms in total. The molecule has 2 heterocycles. The van der Waals surface area contributed by atoms with E-state index in [0.717, 1.165) is 26.5 Å². The average Bonchev–Trinajstić information content (AvgIpc) is 3.18. The molecule has 0 atom stereocenters. The van der Waals surface area contributed by atoms with Crippen LogP contribution in [0.3, 0.4) is 0 Å². The maximum Gasteiger partial charge on any atom is 0.338 e. The summed E-state index contributed by atoms with van der Waals surface area (Å²) in [5.41, 5.74) is 2.85. The van der Waals surface area contributed by atoms with Crippen LogP contribution >= 0.6 is 15.9 Å². The van der Waals surface area contributed by atoms with Crippen molar-refractivity contribution in [2.45, 2.75) is 6.92 Å². The van der Waals surface area contributed by atoms with Crippen LogP contribution in [0.25, 0.3) is 33.7 Å². The fourth-order valence-corrected chi connectivity index (χ4v) is 2.99. The molecule has 0 radical (unpaired) electrons. The average molecular weight is 424 g/mol. The van der Waals surface area contributed by atoms with E-state index in [1.807, 2.05) is 24.3 Å². The fraction of sp³-hybridized carbons (Fsp3) is 0.100. The Morgan fingerprint density at radius 1 is 1.11 bits per heavy atom. The minimum absolute atomic E-state index is 0.339. The maximum absolute atomic E-state index is 11.7. The molecular formula is C20H14BrN3O3. The van der Waals surface area contributed by atoms with Gasteiger partial charge in [-0.25, -0.2) is 4.79 Å². The van der Waals surface area contributed by atoms with Gasteiger partial charge in [0, 0.05) is 21.6 Å². The standard InChI is InChI=1S/C20H14BrN3O3/c1-2-26-20(25)13-5-3-12(4-6-13)18-23-19(27-24-18)15-9-14-7-8-16(21)10-17(14)22-11-15/h3-11H,2H2,1H3. The molecule has 134 valence electrons. The maximum atomic E-state index is 11.7. The molecule has 0 saturated heterocycles. The molecule has 0 amide bonds. The van der Waals surface area contributed by atoms with Crippen molar-refractivity contribution < 1.29 is 14.1 Å². The predicted molar refractivity (Wildman–Crippen MR) is 104 cm³/mol. The Balaban J connectivity index is 1.61. The van der Waals surface area contributed by atoms with Gasteiger partial charge in [0.05, 0.1) is 23.3 Å². The summed E-state index contributed by atoms with van der Waals surface area (Å²) < 4.78 is 11.3. The van der Waals surface area contributed by atoms with Gasteiger partial charge >= 0.3 is 5.97 Å². The summed E-state index contributed by atoms with van der Waals surface area (Å²) in [4.78, 5) is 20.6. The molecule has 27 heavy (non-hydrogen) atoms. The van der Waals surface area contributed by atoms with Crippen molar-refractivity contribution in [3.8, 4) is 22.8 Å². The largest absolute Gasteiger partial charge is 0.462 e. The van der Waals surface area contributed by atoms with Crippen molar-refractivity contribution in [3.05, 3.63) is 64.8 Å². The van der Waals surface area contributed by atoms with Gasteiger partial charge in [-0.05, 0) is 37.3 Å². The Bertz CT molecular complexity index is 1120. The van der Waals surface area contributed by atoms with Gasteiger partial charge in [0.1, 0.15) is 0 Å². The van der Waals surface area contributed by atoms with Crippen molar-refractivity contribution in [2.24, 2.45) is 0 Å². The third-order valence-corrected chi connectivity index (χ3v) is 4.47. The van der Waals surface area contributed by atoms with Crippen LogP contribution in [0.15, 0.2) is 63.7 Å². The summed E-state index contributed by atoms with van der Waals surface area (Å²) in [6.45, 7) is 2.11. The highest BCUT2D eigenvalue weighted by Gasteiger charge is 2.13. The quantitative estimate of drug-likeness (QED) is 0.434. The fourth-order valence-electron chi connectivity index (χ4n) is 2.64. The first-order valence-corrected chi connectivity index (χ1v) is 9.10. The number of hydrogen-bond donors (Lipinski definition) is 0. The number of ether oxygens (including phenoxy) is 1. The second-order valence-electron chi connectivity index (χ2n) is 5.78. The second-order valence-corrected chi connectivity index (χ2v) is 6.70. The number of benzene rings is 2. The number of nitrogens with zero attached hydrogens (tertiary/aromatic N) is 3. The molecule has 7 heteroatoms. The highest BCUT2D eigenvalue weighted by molar-refractivity contribution is 9.10. The zero-order chi connectivity index (χ0) is 18.8. The first-order chi connectivity index (χ1) is 13.1. The minimum Gasteiger partial charge on any atom is -0.462 e. The first kappa shape index (κ1) is 17.4. The summed E-state index contributed by atoms with van der Waals surface area (Å²) in [6, 6.07) is 14.7. The van der Waals surface area contributed by atoms with Crippen molar-refractivity contribution in [3.63, 3.8) is 0 Å². The van der Waals surface area contributed by atoms with E-state index < -0.39 is 0 Å². The number of aromatic nitrogens is 3. The molecule has 0 saturated carbocycles. The van der Waals surface area contributed by atoms with E-state index in [2.05, 4.69) is 31.1 Å². The van der Waals surface area contributed by atoms with Gasteiger partial charge in [0.15, 0.2) is 0 Å². The van der Waals surface area contributed by atoms with Crippen LogP contribution in [0.2, 0.25) is 0 Å². The zero-order valence-electron chi connectivity index (χ0n) is 14.3. The monoisotopic (exact) mass is 423 g/mol. The summed E-state index contributed by atoms with van der Waals surface area (Å²) in [5.74, 6) is 0.472. The highest BCUT2D eigenvalue weighted by atomic mass is 79.9. The molecule has 2 aromatic carbocycles. The van der Waals surface area contributed by atoms with Gasteiger partial charge in [-0.3, -0.25) is 4.98 Å².